The molecule has 1 amide bonds. The summed E-state index contributed by atoms with van der Waals surface area (Å²) in [6.45, 7) is 4.84. The van der Waals surface area contributed by atoms with Crippen molar-refractivity contribution in [3.8, 4) is 11.4 Å². The molecule has 1 aromatic heterocycles. The van der Waals surface area contributed by atoms with E-state index < -0.39 is 0 Å². The molecule has 1 aromatic carbocycles. The summed E-state index contributed by atoms with van der Waals surface area (Å²) < 4.78 is 1.73. The van der Waals surface area contributed by atoms with Crippen molar-refractivity contribution < 1.29 is 4.79 Å². The van der Waals surface area contributed by atoms with Crippen molar-refractivity contribution in [2.75, 3.05) is 18.4 Å². The number of anilines is 1. The maximum atomic E-state index is 12.2. The third-order valence-electron chi connectivity index (χ3n) is 4.47. The molecule has 0 atom stereocenters. The zero-order valence-electron chi connectivity index (χ0n) is 14.4. The van der Waals surface area contributed by atoms with Crippen molar-refractivity contribution >= 4 is 24.0 Å². The first kappa shape index (κ1) is 19.3. The number of amides is 1. The lowest BCUT2D eigenvalue weighted by Gasteiger charge is -2.22. The van der Waals surface area contributed by atoms with Gasteiger partial charge in [-0.15, -0.1) is 17.5 Å². The molecule has 0 unspecified atom stereocenters. The smallest absolute Gasteiger partial charge is 0.224 e. The molecular weight excluding hydrogens is 340 g/mol. The third kappa shape index (κ3) is 5.24. The average Bonchev–Trinajstić information content (AvgIpc) is 3.10. The van der Waals surface area contributed by atoms with Crippen LogP contribution in [0.3, 0.4) is 0 Å². The van der Waals surface area contributed by atoms with E-state index in [1.165, 1.54) is 12.8 Å². The minimum atomic E-state index is 0. The molecule has 0 saturated carbocycles. The summed E-state index contributed by atoms with van der Waals surface area (Å²) in [4.78, 5) is 12.2. The van der Waals surface area contributed by atoms with Gasteiger partial charge in [-0.25, -0.2) is 4.68 Å². The normalized spacial score (nSPS) is 14.8. The van der Waals surface area contributed by atoms with Crippen LogP contribution in [-0.4, -0.2) is 39.2 Å². The molecule has 0 aliphatic carbocycles. The van der Waals surface area contributed by atoms with Gasteiger partial charge in [0.1, 0.15) is 0 Å². The van der Waals surface area contributed by atoms with E-state index in [-0.39, 0.29) is 18.3 Å². The van der Waals surface area contributed by atoms with Crippen LogP contribution in [0.15, 0.2) is 24.3 Å². The first-order valence-electron chi connectivity index (χ1n) is 8.63. The molecule has 2 N–H and O–H groups in total. The molecule has 2 aromatic rings. The summed E-state index contributed by atoms with van der Waals surface area (Å²) in [5, 5.41) is 18.1. The zero-order chi connectivity index (χ0) is 16.8. The van der Waals surface area contributed by atoms with Gasteiger partial charge in [0.25, 0.3) is 0 Å². The highest BCUT2D eigenvalue weighted by atomic mass is 35.5. The fourth-order valence-corrected chi connectivity index (χ4v) is 3.09. The van der Waals surface area contributed by atoms with Gasteiger partial charge < -0.3 is 10.6 Å². The fraction of sp³-hybridized carbons (Fsp3) is 0.529. The Morgan fingerprint density at radius 3 is 2.92 bits per heavy atom. The topological polar surface area (TPSA) is 84.7 Å². The van der Waals surface area contributed by atoms with Gasteiger partial charge >= 0.3 is 0 Å². The van der Waals surface area contributed by atoms with Gasteiger partial charge in [-0.05, 0) is 67.8 Å². The second kappa shape index (κ2) is 9.48. The van der Waals surface area contributed by atoms with Crippen LogP contribution in [0.4, 0.5) is 5.69 Å². The summed E-state index contributed by atoms with van der Waals surface area (Å²) in [5.41, 5.74) is 1.69. The molecule has 0 bridgehead atoms. The minimum absolute atomic E-state index is 0. The SMILES string of the molecule is CCn1nnnc1-c1cccc(NC(=O)CCC2CCNCC2)c1.Cl. The molecule has 7 nitrogen and oxygen atoms in total. The van der Waals surface area contributed by atoms with Crippen LogP contribution in [0, 0.1) is 5.92 Å². The van der Waals surface area contributed by atoms with E-state index in [0.717, 1.165) is 30.8 Å². The molecule has 136 valence electrons. The maximum Gasteiger partial charge on any atom is 0.224 e. The molecule has 2 heterocycles. The summed E-state index contributed by atoms with van der Waals surface area (Å²) in [5.74, 6) is 1.45. The molecule has 1 aliphatic heterocycles. The quantitative estimate of drug-likeness (QED) is 0.822. The summed E-state index contributed by atoms with van der Waals surface area (Å²) in [6.07, 6.45) is 3.87. The van der Waals surface area contributed by atoms with E-state index in [4.69, 9.17) is 0 Å². The van der Waals surface area contributed by atoms with Gasteiger partial charge in [0.05, 0.1) is 0 Å². The molecule has 0 spiro atoms. The molecule has 1 fully saturated rings. The minimum Gasteiger partial charge on any atom is -0.326 e. The van der Waals surface area contributed by atoms with Gasteiger partial charge in [-0.1, -0.05) is 12.1 Å². The Morgan fingerprint density at radius 1 is 1.36 bits per heavy atom. The highest BCUT2D eigenvalue weighted by Crippen LogP contribution is 2.21. The van der Waals surface area contributed by atoms with Crippen molar-refractivity contribution in [3.63, 3.8) is 0 Å². The van der Waals surface area contributed by atoms with Crippen LogP contribution in [-0.2, 0) is 11.3 Å². The van der Waals surface area contributed by atoms with E-state index in [2.05, 4.69) is 26.2 Å². The Labute approximate surface area is 154 Å². The molecule has 1 aliphatic rings. The molecule has 0 radical (unpaired) electrons. The van der Waals surface area contributed by atoms with E-state index in [9.17, 15) is 4.79 Å². The Morgan fingerprint density at radius 2 is 2.16 bits per heavy atom. The van der Waals surface area contributed by atoms with Crippen molar-refractivity contribution in [1.29, 1.82) is 0 Å². The Hall–Kier alpha value is -1.99. The number of aryl methyl sites for hydroxylation is 1. The summed E-state index contributed by atoms with van der Waals surface area (Å²) >= 11 is 0. The average molecular weight is 365 g/mol. The highest BCUT2D eigenvalue weighted by molar-refractivity contribution is 5.91. The lowest BCUT2D eigenvalue weighted by molar-refractivity contribution is -0.116. The van der Waals surface area contributed by atoms with Crippen molar-refractivity contribution in [1.82, 2.24) is 25.5 Å². The standard InChI is InChI=1S/C17H24N6O.ClH/c1-2-23-17(20-21-22-23)14-4-3-5-15(12-14)19-16(24)7-6-13-8-10-18-11-9-13;/h3-5,12-13,18H,2,6-11H2,1H3,(H,19,24);1H. The molecule has 25 heavy (non-hydrogen) atoms. The van der Waals surface area contributed by atoms with E-state index in [1.54, 1.807) is 4.68 Å². The number of piperidine rings is 1. The number of rotatable bonds is 6. The van der Waals surface area contributed by atoms with E-state index in [1.807, 2.05) is 31.2 Å². The summed E-state index contributed by atoms with van der Waals surface area (Å²) in [6, 6.07) is 7.67. The molecular formula is C17H25ClN6O. The van der Waals surface area contributed by atoms with Crippen molar-refractivity contribution in [3.05, 3.63) is 24.3 Å². The van der Waals surface area contributed by atoms with Crippen molar-refractivity contribution in [2.45, 2.75) is 39.2 Å². The number of carbonyl (C=O) groups excluding carboxylic acids is 1. The number of halogens is 1. The number of aromatic nitrogens is 4. The van der Waals surface area contributed by atoms with Crippen LogP contribution >= 0.6 is 12.4 Å². The number of benzene rings is 1. The van der Waals surface area contributed by atoms with Crippen LogP contribution in [0.25, 0.3) is 11.4 Å². The van der Waals surface area contributed by atoms with E-state index in [0.29, 0.717) is 24.7 Å². The van der Waals surface area contributed by atoms with Gasteiger partial charge in [0, 0.05) is 24.2 Å². The largest absolute Gasteiger partial charge is 0.326 e. The zero-order valence-corrected chi connectivity index (χ0v) is 15.3. The third-order valence-corrected chi connectivity index (χ3v) is 4.47. The molecule has 8 heteroatoms. The highest BCUT2D eigenvalue weighted by Gasteiger charge is 2.15. The molecule has 1 saturated heterocycles. The number of hydrogen-bond donors (Lipinski definition) is 2. The summed E-state index contributed by atoms with van der Waals surface area (Å²) in [7, 11) is 0. The van der Waals surface area contributed by atoms with Crippen LogP contribution < -0.4 is 10.6 Å². The lowest BCUT2D eigenvalue weighted by atomic mass is 9.93. The first-order chi connectivity index (χ1) is 11.8. The van der Waals surface area contributed by atoms with Crippen molar-refractivity contribution in [2.24, 2.45) is 5.92 Å². The predicted octanol–water partition coefficient (Wildman–Crippen LogP) is 2.50. The Kier molecular flexibility index (Phi) is 7.33. The Bertz CT molecular complexity index is 683. The lowest BCUT2D eigenvalue weighted by Crippen LogP contribution is -2.28. The number of tetrazole rings is 1. The Balaban J connectivity index is 0.00000225. The van der Waals surface area contributed by atoms with Crippen LogP contribution in [0.2, 0.25) is 0 Å². The van der Waals surface area contributed by atoms with Crippen LogP contribution in [0.5, 0.6) is 0 Å². The first-order valence-corrected chi connectivity index (χ1v) is 8.63. The van der Waals surface area contributed by atoms with Crippen LogP contribution in [0.1, 0.15) is 32.6 Å². The monoisotopic (exact) mass is 364 g/mol. The number of carbonyl (C=O) groups is 1. The number of nitrogens with zero attached hydrogens (tertiary/aromatic N) is 4. The fourth-order valence-electron chi connectivity index (χ4n) is 3.09. The van der Waals surface area contributed by atoms with E-state index >= 15 is 0 Å². The number of nitrogens with one attached hydrogen (secondary N) is 2. The molecule has 3 rings (SSSR count). The predicted molar refractivity (Wildman–Crippen MR) is 99.6 cm³/mol. The van der Waals surface area contributed by atoms with Gasteiger partial charge in [0.15, 0.2) is 5.82 Å². The van der Waals surface area contributed by atoms with Gasteiger partial charge in [0.2, 0.25) is 5.91 Å². The number of hydrogen-bond acceptors (Lipinski definition) is 5. The van der Waals surface area contributed by atoms with Gasteiger partial charge in [-0.2, -0.15) is 0 Å². The maximum absolute atomic E-state index is 12.2. The second-order valence-corrected chi connectivity index (χ2v) is 6.18. The second-order valence-electron chi connectivity index (χ2n) is 6.18. The van der Waals surface area contributed by atoms with Gasteiger partial charge in [-0.3, -0.25) is 4.79 Å².